The van der Waals surface area contributed by atoms with Gasteiger partial charge >= 0.3 is 0 Å². The third-order valence-electron chi connectivity index (χ3n) is 4.28. The van der Waals surface area contributed by atoms with E-state index in [0.717, 1.165) is 32.1 Å². The highest BCUT2D eigenvalue weighted by molar-refractivity contribution is 5.82. The Labute approximate surface area is 135 Å². The van der Waals surface area contributed by atoms with Gasteiger partial charge in [-0.25, -0.2) is 0 Å². The number of nitrogens with zero attached hydrogens (tertiary/aromatic N) is 1. The molecule has 2 atom stereocenters. The highest BCUT2D eigenvalue weighted by atomic mass is 16.6. The number of anilines is 1. The minimum absolute atomic E-state index is 0.0254. The number of nitrogens with one attached hydrogen (secondary N) is 2. The number of carbonyl (C=O) groups is 1. The molecule has 7 heteroatoms. The summed E-state index contributed by atoms with van der Waals surface area (Å²) < 4.78 is 0. The smallest absolute Gasteiger partial charge is 0.292 e. The SMILES string of the molecule is O=C(CNc1ccccc1[N+](=O)[O-])NC1CCCCCC1CO. The van der Waals surface area contributed by atoms with Crippen LogP contribution in [0.1, 0.15) is 32.1 Å². The quantitative estimate of drug-likeness (QED) is 0.422. The van der Waals surface area contributed by atoms with Gasteiger partial charge in [-0.3, -0.25) is 14.9 Å². The zero-order valence-electron chi connectivity index (χ0n) is 13.0. The molecule has 0 heterocycles. The third kappa shape index (κ3) is 4.92. The Balaban J connectivity index is 1.91. The van der Waals surface area contributed by atoms with Crippen LogP contribution >= 0.6 is 0 Å². The van der Waals surface area contributed by atoms with Gasteiger partial charge in [0.05, 0.1) is 11.5 Å². The Kier molecular flexibility index (Phi) is 6.34. The van der Waals surface area contributed by atoms with E-state index in [1.807, 2.05) is 0 Å². The molecule has 1 aliphatic carbocycles. The minimum atomic E-state index is -0.479. The Bertz CT molecular complexity index is 550. The van der Waals surface area contributed by atoms with E-state index < -0.39 is 4.92 Å². The number of carbonyl (C=O) groups excluding carboxylic acids is 1. The number of aliphatic hydroxyl groups excluding tert-OH is 1. The molecule has 23 heavy (non-hydrogen) atoms. The lowest BCUT2D eigenvalue weighted by atomic mass is 9.95. The maximum absolute atomic E-state index is 12.1. The van der Waals surface area contributed by atoms with Crippen LogP contribution in [0.3, 0.4) is 0 Å². The van der Waals surface area contributed by atoms with Crippen LogP contribution < -0.4 is 10.6 Å². The summed E-state index contributed by atoms with van der Waals surface area (Å²) in [5.41, 5.74) is 0.273. The number of aliphatic hydroxyl groups is 1. The van der Waals surface area contributed by atoms with E-state index in [4.69, 9.17) is 0 Å². The van der Waals surface area contributed by atoms with Crippen LogP contribution in [0, 0.1) is 16.0 Å². The van der Waals surface area contributed by atoms with E-state index in [1.165, 1.54) is 6.07 Å². The van der Waals surface area contributed by atoms with E-state index in [2.05, 4.69) is 10.6 Å². The fourth-order valence-corrected chi connectivity index (χ4v) is 3.01. The summed E-state index contributed by atoms with van der Waals surface area (Å²) in [5.74, 6) is -0.124. The zero-order valence-corrected chi connectivity index (χ0v) is 13.0. The highest BCUT2D eigenvalue weighted by Crippen LogP contribution is 2.24. The Hall–Kier alpha value is -2.15. The van der Waals surface area contributed by atoms with Crippen LogP contribution in [-0.4, -0.2) is 35.1 Å². The first kappa shape index (κ1) is 17.2. The molecule has 1 fully saturated rings. The van der Waals surface area contributed by atoms with E-state index in [9.17, 15) is 20.0 Å². The van der Waals surface area contributed by atoms with Crippen LogP contribution in [0.25, 0.3) is 0 Å². The summed E-state index contributed by atoms with van der Waals surface area (Å²) in [4.78, 5) is 22.6. The van der Waals surface area contributed by atoms with Gasteiger partial charge in [0, 0.05) is 24.6 Å². The fraction of sp³-hybridized carbons (Fsp3) is 0.562. The average Bonchev–Trinajstić information content (AvgIpc) is 2.78. The predicted octanol–water partition coefficient (Wildman–Crippen LogP) is 2.06. The molecule has 1 aromatic rings. The van der Waals surface area contributed by atoms with Crippen molar-refractivity contribution in [3.63, 3.8) is 0 Å². The van der Waals surface area contributed by atoms with Crippen molar-refractivity contribution in [3.8, 4) is 0 Å². The summed E-state index contributed by atoms with van der Waals surface area (Å²) >= 11 is 0. The van der Waals surface area contributed by atoms with Gasteiger partial charge in [-0.1, -0.05) is 31.4 Å². The fourth-order valence-electron chi connectivity index (χ4n) is 3.01. The molecule has 1 aliphatic rings. The van der Waals surface area contributed by atoms with Crippen molar-refractivity contribution in [2.24, 2.45) is 5.92 Å². The number of rotatable bonds is 6. The molecule has 0 radical (unpaired) electrons. The van der Waals surface area contributed by atoms with Crippen LogP contribution in [0.5, 0.6) is 0 Å². The van der Waals surface area contributed by atoms with Crippen molar-refractivity contribution < 1.29 is 14.8 Å². The van der Waals surface area contributed by atoms with Crippen LogP contribution in [0.15, 0.2) is 24.3 Å². The molecule has 1 amide bonds. The molecule has 0 saturated heterocycles. The normalized spacial score (nSPS) is 21.3. The van der Waals surface area contributed by atoms with Crippen molar-refractivity contribution in [1.82, 2.24) is 5.32 Å². The number of hydrogen-bond donors (Lipinski definition) is 3. The van der Waals surface area contributed by atoms with Crippen LogP contribution in [0.2, 0.25) is 0 Å². The van der Waals surface area contributed by atoms with E-state index >= 15 is 0 Å². The number of nitro groups is 1. The highest BCUT2D eigenvalue weighted by Gasteiger charge is 2.24. The van der Waals surface area contributed by atoms with Gasteiger partial charge in [0.15, 0.2) is 0 Å². The third-order valence-corrected chi connectivity index (χ3v) is 4.28. The largest absolute Gasteiger partial charge is 0.396 e. The van der Waals surface area contributed by atoms with E-state index in [-0.39, 0.29) is 36.7 Å². The summed E-state index contributed by atoms with van der Waals surface area (Å²) in [5, 5.41) is 26.2. The van der Waals surface area contributed by atoms with Gasteiger partial charge in [-0.15, -0.1) is 0 Å². The molecule has 2 rings (SSSR count). The first-order chi connectivity index (χ1) is 11.1. The molecule has 0 aliphatic heterocycles. The second-order valence-electron chi connectivity index (χ2n) is 5.88. The van der Waals surface area contributed by atoms with Crippen LogP contribution in [-0.2, 0) is 4.79 Å². The molecule has 0 spiro atoms. The van der Waals surface area contributed by atoms with Gasteiger partial charge in [0.25, 0.3) is 5.69 Å². The Morgan fingerprint density at radius 3 is 2.74 bits per heavy atom. The monoisotopic (exact) mass is 321 g/mol. The number of hydrogen-bond acceptors (Lipinski definition) is 5. The summed E-state index contributed by atoms with van der Waals surface area (Å²) in [6.07, 6.45) is 5.02. The molecule has 0 aromatic heterocycles. The lowest BCUT2D eigenvalue weighted by Crippen LogP contribution is -2.43. The molecule has 7 nitrogen and oxygen atoms in total. The van der Waals surface area contributed by atoms with Crippen molar-refractivity contribution in [2.75, 3.05) is 18.5 Å². The second kappa shape index (κ2) is 8.47. The summed E-state index contributed by atoms with van der Waals surface area (Å²) in [6.45, 7) is 0.0437. The van der Waals surface area contributed by atoms with Gasteiger partial charge < -0.3 is 15.7 Å². The topological polar surface area (TPSA) is 104 Å². The standard InChI is InChI=1S/C16H23N3O4/c20-11-12-6-2-1-3-7-13(12)18-16(21)10-17-14-8-4-5-9-15(14)19(22)23/h4-5,8-9,12-13,17,20H,1-3,6-7,10-11H2,(H,18,21). The molecule has 2 unspecified atom stereocenters. The minimum Gasteiger partial charge on any atom is -0.396 e. The zero-order chi connectivity index (χ0) is 16.7. The lowest BCUT2D eigenvalue weighted by Gasteiger charge is -2.24. The molecule has 3 N–H and O–H groups in total. The van der Waals surface area contributed by atoms with Crippen LogP contribution in [0.4, 0.5) is 11.4 Å². The molecular weight excluding hydrogens is 298 g/mol. The number of para-hydroxylation sites is 2. The average molecular weight is 321 g/mol. The second-order valence-corrected chi connectivity index (χ2v) is 5.88. The van der Waals surface area contributed by atoms with E-state index in [1.54, 1.807) is 18.2 Å². The molecule has 1 aromatic carbocycles. The van der Waals surface area contributed by atoms with Gasteiger partial charge in [-0.05, 0) is 18.9 Å². The molecule has 1 saturated carbocycles. The van der Waals surface area contributed by atoms with E-state index in [0.29, 0.717) is 5.69 Å². The first-order valence-corrected chi connectivity index (χ1v) is 7.99. The first-order valence-electron chi connectivity index (χ1n) is 7.99. The Morgan fingerprint density at radius 2 is 2.00 bits per heavy atom. The number of amides is 1. The summed E-state index contributed by atoms with van der Waals surface area (Å²) in [6, 6.07) is 6.21. The molecule has 126 valence electrons. The number of benzene rings is 1. The van der Waals surface area contributed by atoms with Gasteiger partial charge in [-0.2, -0.15) is 0 Å². The Morgan fingerprint density at radius 1 is 1.26 bits per heavy atom. The predicted molar refractivity (Wildman–Crippen MR) is 87.2 cm³/mol. The summed E-state index contributed by atoms with van der Waals surface area (Å²) in [7, 11) is 0. The van der Waals surface area contributed by atoms with Gasteiger partial charge in [0.1, 0.15) is 5.69 Å². The molecule has 0 bridgehead atoms. The maximum Gasteiger partial charge on any atom is 0.292 e. The van der Waals surface area contributed by atoms with Gasteiger partial charge in [0.2, 0.25) is 5.91 Å². The molecular formula is C16H23N3O4. The maximum atomic E-state index is 12.1. The van der Waals surface area contributed by atoms with Crippen molar-refractivity contribution >= 4 is 17.3 Å². The van der Waals surface area contributed by atoms with Crippen molar-refractivity contribution in [1.29, 1.82) is 0 Å². The van der Waals surface area contributed by atoms with Crippen molar-refractivity contribution in [2.45, 2.75) is 38.1 Å². The lowest BCUT2D eigenvalue weighted by molar-refractivity contribution is -0.383. The van der Waals surface area contributed by atoms with Crippen molar-refractivity contribution in [3.05, 3.63) is 34.4 Å². The number of nitro benzene ring substituents is 1.